The summed E-state index contributed by atoms with van der Waals surface area (Å²) in [5.41, 5.74) is 19.8. The largest absolute Gasteiger partial charge is 0.404 e. The summed E-state index contributed by atoms with van der Waals surface area (Å²) < 4.78 is 0. The van der Waals surface area contributed by atoms with Crippen molar-refractivity contribution in [3.05, 3.63) is 156 Å². The smallest absolute Gasteiger partial charge is 0.00175 e. The van der Waals surface area contributed by atoms with Gasteiger partial charge in [-0.25, -0.2) is 0 Å². The van der Waals surface area contributed by atoms with Crippen molar-refractivity contribution in [2.75, 3.05) is 0 Å². The maximum atomic E-state index is 6.03. The molecule has 0 saturated heterocycles. The molecule has 0 aliphatic heterocycles. The maximum Gasteiger partial charge on any atom is 0.00175 e. The van der Waals surface area contributed by atoms with Gasteiger partial charge in [0.2, 0.25) is 0 Å². The second-order valence-corrected chi connectivity index (χ2v) is 11.7. The van der Waals surface area contributed by atoms with E-state index in [0.717, 1.165) is 24.0 Å². The van der Waals surface area contributed by atoms with Crippen LogP contribution in [0.15, 0.2) is 139 Å². The normalized spacial score (nSPS) is 12.8. The van der Waals surface area contributed by atoms with Crippen LogP contribution in [-0.2, 0) is 6.42 Å². The number of rotatable bonds is 5. The van der Waals surface area contributed by atoms with Gasteiger partial charge in [-0.15, -0.1) is 0 Å². The standard InChI is InChI=1S/C42H35N/c1-28(2)23-36(27-43)33-15-9-13-31(24-33)32-14-10-16-34(26-32)41-37-17-5-7-19-39(37)42(40-20-8-6-18-38(40)41)35-22-21-29-11-3-4-12-30(29)25-35/h3-5,7-17,19-27H,6,18,43H2,1-2H3/b36-27+. The Morgan fingerprint density at radius 1 is 0.628 bits per heavy atom. The van der Waals surface area contributed by atoms with Crippen LogP contribution in [0.1, 0.15) is 37.0 Å². The number of nitrogens with two attached hydrogens (primary N) is 1. The van der Waals surface area contributed by atoms with Gasteiger partial charge in [-0.05, 0) is 122 Å². The monoisotopic (exact) mass is 553 g/mol. The van der Waals surface area contributed by atoms with E-state index in [1.807, 2.05) is 0 Å². The minimum Gasteiger partial charge on any atom is -0.404 e. The number of hydrogen-bond donors (Lipinski definition) is 1. The van der Waals surface area contributed by atoms with Crippen molar-refractivity contribution in [2.45, 2.75) is 26.7 Å². The van der Waals surface area contributed by atoms with Crippen LogP contribution < -0.4 is 5.73 Å². The van der Waals surface area contributed by atoms with Gasteiger partial charge in [0.1, 0.15) is 0 Å². The zero-order valence-corrected chi connectivity index (χ0v) is 24.8. The van der Waals surface area contributed by atoms with E-state index in [4.69, 9.17) is 5.73 Å². The van der Waals surface area contributed by atoms with Crippen LogP contribution in [-0.4, -0.2) is 0 Å². The molecular weight excluding hydrogens is 518 g/mol. The van der Waals surface area contributed by atoms with E-state index in [0.29, 0.717) is 0 Å². The molecule has 6 aromatic rings. The molecule has 1 aliphatic rings. The van der Waals surface area contributed by atoms with Crippen LogP contribution in [0.3, 0.4) is 0 Å². The second kappa shape index (κ2) is 11.3. The molecule has 0 spiro atoms. The highest BCUT2D eigenvalue weighted by Crippen LogP contribution is 2.45. The Labute approximate surface area is 254 Å². The fourth-order valence-electron chi connectivity index (χ4n) is 6.64. The van der Waals surface area contributed by atoms with Gasteiger partial charge in [0.15, 0.2) is 0 Å². The molecule has 43 heavy (non-hydrogen) atoms. The quantitative estimate of drug-likeness (QED) is 0.211. The molecule has 0 heterocycles. The highest BCUT2D eigenvalue weighted by molar-refractivity contribution is 6.11. The molecule has 208 valence electrons. The van der Waals surface area contributed by atoms with Gasteiger partial charge in [0, 0.05) is 6.20 Å². The minimum absolute atomic E-state index is 1.03. The number of fused-ring (bicyclic) bond motifs is 3. The summed E-state index contributed by atoms with van der Waals surface area (Å²) in [6.45, 7) is 4.20. The Hall–Kier alpha value is -5.14. The third-order valence-electron chi connectivity index (χ3n) is 8.55. The first-order valence-electron chi connectivity index (χ1n) is 15.1. The van der Waals surface area contributed by atoms with Gasteiger partial charge < -0.3 is 5.73 Å². The van der Waals surface area contributed by atoms with Crippen molar-refractivity contribution >= 4 is 33.2 Å². The molecule has 0 bridgehead atoms. The summed E-state index contributed by atoms with van der Waals surface area (Å²) in [5, 5.41) is 5.15. The molecule has 0 unspecified atom stereocenters. The van der Waals surface area contributed by atoms with E-state index in [1.54, 1.807) is 6.20 Å². The van der Waals surface area contributed by atoms with Gasteiger partial charge in [-0.2, -0.15) is 0 Å². The molecule has 0 fully saturated rings. The molecule has 1 nitrogen and oxygen atoms in total. The van der Waals surface area contributed by atoms with Gasteiger partial charge >= 0.3 is 0 Å². The molecule has 0 saturated carbocycles. The lowest BCUT2D eigenvalue weighted by Gasteiger charge is -2.24. The van der Waals surface area contributed by atoms with Crippen LogP contribution in [0.2, 0.25) is 0 Å². The Morgan fingerprint density at radius 3 is 2.09 bits per heavy atom. The molecule has 0 radical (unpaired) electrons. The summed E-state index contributed by atoms with van der Waals surface area (Å²) in [7, 11) is 0. The third kappa shape index (κ3) is 4.98. The van der Waals surface area contributed by atoms with Crippen LogP contribution in [0.5, 0.6) is 0 Å². The third-order valence-corrected chi connectivity index (χ3v) is 8.55. The van der Waals surface area contributed by atoms with E-state index in [-0.39, 0.29) is 0 Å². The zero-order valence-electron chi connectivity index (χ0n) is 24.8. The van der Waals surface area contributed by atoms with E-state index < -0.39 is 0 Å². The molecule has 2 N–H and O–H groups in total. The lowest BCUT2D eigenvalue weighted by Crippen LogP contribution is -2.02. The first kappa shape index (κ1) is 26.7. The topological polar surface area (TPSA) is 26.0 Å². The Bertz CT molecular complexity index is 2100. The van der Waals surface area contributed by atoms with Crippen LogP contribution in [0, 0.1) is 0 Å². The Kier molecular flexibility index (Phi) is 7.01. The summed E-state index contributed by atoms with van der Waals surface area (Å²) in [6.07, 6.45) is 10.6. The predicted octanol–water partition coefficient (Wildman–Crippen LogP) is 11.2. The van der Waals surface area contributed by atoms with Gasteiger partial charge in [-0.1, -0.05) is 121 Å². The lowest BCUT2D eigenvalue weighted by atomic mass is 9.79. The van der Waals surface area contributed by atoms with E-state index in [2.05, 4.69) is 147 Å². The van der Waals surface area contributed by atoms with Crippen molar-refractivity contribution in [2.24, 2.45) is 5.73 Å². The van der Waals surface area contributed by atoms with Gasteiger partial charge in [0.25, 0.3) is 0 Å². The van der Waals surface area contributed by atoms with Gasteiger partial charge in [-0.3, -0.25) is 0 Å². The Morgan fingerprint density at radius 2 is 1.30 bits per heavy atom. The first-order valence-corrected chi connectivity index (χ1v) is 15.1. The van der Waals surface area contributed by atoms with Crippen molar-refractivity contribution < 1.29 is 0 Å². The second-order valence-electron chi connectivity index (χ2n) is 11.7. The Balaban J connectivity index is 1.43. The lowest BCUT2D eigenvalue weighted by molar-refractivity contribution is 0.991. The molecule has 0 aromatic heterocycles. The van der Waals surface area contributed by atoms with Gasteiger partial charge in [0.05, 0.1) is 0 Å². The first-order chi connectivity index (χ1) is 21.1. The van der Waals surface area contributed by atoms with Crippen molar-refractivity contribution in [3.63, 3.8) is 0 Å². The van der Waals surface area contributed by atoms with Crippen LogP contribution in [0.4, 0.5) is 0 Å². The highest BCUT2D eigenvalue weighted by Gasteiger charge is 2.22. The summed E-state index contributed by atoms with van der Waals surface area (Å²) >= 11 is 0. The molecule has 0 atom stereocenters. The molecule has 6 aromatic carbocycles. The van der Waals surface area contributed by atoms with Crippen molar-refractivity contribution in [1.82, 2.24) is 0 Å². The predicted molar refractivity (Wildman–Crippen MR) is 187 cm³/mol. The molecular formula is C42H35N. The minimum atomic E-state index is 1.03. The fourth-order valence-corrected chi connectivity index (χ4v) is 6.64. The highest BCUT2D eigenvalue weighted by atomic mass is 14.5. The van der Waals surface area contributed by atoms with Crippen LogP contribution in [0.25, 0.3) is 66.6 Å². The summed E-state index contributed by atoms with van der Waals surface area (Å²) in [6, 6.07) is 42.2. The molecule has 1 heteroatoms. The van der Waals surface area contributed by atoms with E-state index >= 15 is 0 Å². The molecule has 0 amide bonds. The number of allylic oxidation sites excluding steroid dienone is 4. The molecule has 1 aliphatic carbocycles. The van der Waals surface area contributed by atoms with Crippen molar-refractivity contribution in [3.8, 4) is 33.4 Å². The van der Waals surface area contributed by atoms with Crippen LogP contribution >= 0.6 is 0 Å². The summed E-state index contributed by atoms with van der Waals surface area (Å²) in [5.74, 6) is 0. The van der Waals surface area contributed by atoms with E-state index in [9.17, 15) is 0 Å². The van der Waals surface area contributed by atoms with Crippen molar-refractivity contribution in [1.29, 1.82) is 0 Å². The molecule has 7 rings (SSSR count). The van der Waals surface area contributed by atoms with E-state index in [1.165, 1.54) is 71.6 Å². The zero-order chi connectivity index (χ0) is 29.3. The SMILES string of the molecule is CC(C)=C/C(=C\N)c1cccc(-c2cccc(-c3c4c(c(-c5ccc6ccccc6c5)c5ccccc35)C=CCC4)c2)c1. The average Bonchev–Trinajstić information content (AvgIpc) is 3.06. The number of benzene rings is 6. The average molecular weight is 554 g/mol. The maximum absolute atomic E-state index is 6.03. The number of hydrogen-bond acceptors (Lipinski definition) is 1. The fraction of sp³-hybridized carbons (Fsp3) is 0.0952. The summed E-state index contributed by atoms with van der Waals surface area (Å²) in [4.78, 5) is 0.